The summed E-state index contributed by atoms with van der Waals surface area (Å²) in [7, 11) is 0. The first kappa shape index (κ1) is 12.4. The second-order valence-electron chi connectivity index (χ2n) is 3.99. The van der Waals surface area contributed by atoms with E-state index in [1.807, 2.05) is 6.92 Å². The van der Waals surface area contributed by atoms with Crippen LogP contribution in [0, 0.1) is 6.92 Å². The highest BCUT2D eigenvalue weighted by Crippen LogP contribution is 2.18. The molecule has 1 aromatic carbocycles. The van der Waals surface area contributed by atoms with Crippen LogP contribution in [0.2, 0.25) is 0 Å². The van der Waals surface area contributed by atoms with Crippen molar-refractivity contribution in [3.63, 3.8) is 0 Å². The maximum absolute atomic E-state index is 12.1. The van der Waals surface area contributed by atoms with Gasteiger partial charge in [0.1, 0.15) is 5.82 Å². The second-order valence-corrected chi connectivity index (χ2v) is 4.85. The Morgan fingerprint density at radius 3 is 2.61 bits per heavy atom. The van der Waals surface area contributed by atoms with Crippen molar-refractivity contribution in [2.45, 2.75) is 13.8 Å². The van der Waals surface area contributed by atoms with Gasteiger partial charge in [0.15, 0.2) is 10.8 Å². The lowest BCUT2D eigenvalue weighted by molar-refractivity contribution is 0.101. The summed E-state index contributed by atoms with van der Waals surface area (Å²) in [5.41, 5.74) is 7.37. The van der Waals surface area contributed by atoms with Gasteiger partial charge in [-0.25, -0.2) is 4.98 Å². The molecule has 0 aliphatic carbocycles. The number of carbonyl (C=O) groups excluding carboxylic acids is 2. The third-order valence-electron chi connectivity index (χ3n) is 2.60. The molecule has 92 valence electrons. The van der Waals surface area contributed by atoms with Crippen molar-refractivity contribution in [3.05, 3.63) is 45.3 Å². The monoisotopic (exact) mass is 260 g/mol. The summed E-state index contributed by atoms with van der Waals surface area (Å²) in [5, 5.41) is 1.96. The lowest BCUT2D eigenvalue weighted by Crippen LogP contribution is -2.05. The Hall–Kier alpha value is -2.01. The molecule has 18 heavy (non-hydrogen) atoms. The van der Waals surface area contributed by atoms with E-state index in [9.17, 15) is 9.59 Å². The van der Waals surface area contributed by atoms with E-state index in [4.69, 9.17) is 5.73 Å². The van der Waals surface area contributed by atoms with Crippen LogP contribution in [0.5, 0.6) is 0 Å². The van der Waals surface area contributed by atoms with Gasteiger partial charge in [-0.15, -0.1) is 11.3 Å². The summed E-state index contributed by atoms with van der Waals surface area (Å²) in [6.07, 6.45) is 0. The highest BCUT2D eigenvalue weighted by molar-refractivity contribution is 7.12. The highest BCUT2D eigenvalue weighted by Gasteiger charge is 2.15. The molecular formula is C13H12N2O2S. The summed E-state index contributed by atoms with van der Waals surface area (Å²) in [5.74, 6) is 0.0715. The number of hydrogen-bond donors (Lipinski definition) is 1. The number of Topliss-reactive ketones (excluding diaryl/α,β-unsaturated/α-hetero) is 1. The van der Waals surface area contributed by atoms with Gasteiger partial charge >= 0.3 is 0 Å². The largest absolute Gasteiger partial charge is 0.383 e. The number of nitrogens with two attached hydrogens (primary N) is 1. The van der Waals surface area contributed by atoms with Gasteiger partial charge in [-0.2, -0.15) is 0 Å². The molecule has 0 unspecified atom stereocenters. The van der Waals surface area contributed by atoms with Crippen LogP contribution in [0.3, 0.4) is 0 Å². The quantitative estimate of drug-likeness (QED) is 0.860. The number of nitrogens with zero attached hydrogens (tertiary/aromatic N) is 1. The lowest BCUT2D eigenvalue weighted by atomic mass is 10.0. The van der Waals surface area contributed by atoms with Gasteiger partial charge in [-0.3, -0.25) is 9.59 Å². The number of thiazole rings is 1. The molecule has 4 nitrogen and oxygen atoms in total. The van der Waals surface area contributed by atoms with Crippen LogP contribution in [0.25, 0.3) is 0 Å². The molecule has 0 saturated heterocycles. The number of aryl methyl sites for hydroxylation is 1. The van der Waals surface area contributed by atoms with E-state index in [0.717, 1.165) is 5.56 Å². The summed E-state index contributed by atoms with van der Waals surface area (Å²) in [6, 6.07) is 5.07. The average molecular weight is 260 g/mol. The maximum Gasteiger partial charge on any atom is 0.221 e. The Labute approximate surface area is 108 Å². The van der Waals surface area contributed by atoms with Gasteiger partial charge in [0.2, 0.25) is 5.78 Å². The number of nitrogen functional groups attached to an aromatic ring is 1. The Bertz CT molecular complexity index is 632. The van der Waals surface area contributed by atoms with Crippen LogP contribution in [-0.4, -0.2) is 16.6 Å². The van der Waals surface area contributed by atoms with Crippen LogP contribution in [0.1, 0.15) is 38.2 Å². The molecule has 0 fully saturated rings. The topological polar surface area (TPSA) is 73.0 Å². The van der Waals surface area contributed by atoms with E-state index in [-0.39, 0.29) is 11.6 Å². The normalized spacial score (nSPS) is 10.3. The molecule has 0 bridgehead atoms. The summed E-state index contributed by atoms with van der Waals surface area (Å²) in [6.45, 7) is 3.32. The highest BCUT2D eigenvalue weighted by atomic mass is 32.1. The molecule has 0 saturated carbocycles. The predicted molar refractivity (Wildman–Crippen MR) is 71.1 cm³/mol. The number of rotatable bonds is 3. The van der Waals surface area contributed by atoms with Gasteiger partial charge in [0.25, 0.3) is 0 Å². The molecule has 0 radical (unpaired) electrons. The van der Waals surface area contributed by atoms with Gasteiger partial charge in [0, 0.05) is 16.5 Å². The number of benzene rings is 1. The third kappa shape index (κ3) is 2.31. The van der Waals surface area contributed by atoms with E-state index in [0.29, 0.717) is 22.0 Å². The van der Waals surface area contributed by atoms with E-state index in [2.05, 4.69) is 4.98 Å². The van der Waals surface area contributed by atoms with Crippen LogP contribution in [0.4, 0.5) is 5.82 Å². The van der Waals surface area contributed by atoms with Crippen molar-refractivity contribution in [2.75, 3.05) is 5.73 Å². The standard InChI is InChI=1S/C13H12N2O2S/c1-7-3-4-9(5-10(7)8(2)16)12(17)13-15-11(14)6-18-13/h3-6H,14H2,1-2H3. The third-order valence-corrected chi connectivity index (χ3v) is 3.45. The number of carbonyl (C=O) groups is 2. The first-order chi connectivity index (χ1) is 8.49. The predicted octanol–water partition coefficient (Wildman–Crippen LogP) is 2.47. The Morgan fingerprint density at radius 1 is 1.33 bits per heavy atom. The van der Waals surface area contributed by atoms with Crippen molar-refractivity contribution in [1.29, 1.82) is 0 Å². The van der Waals surface area contributed by atoms with Crippen LogP contribution < -0.4 is 5.73 Å². The van der Waals surface area contributed by atoms with Gasteiger partial charge in [-0.05, 0) is 25.5 Å². The van der Waals surface area contributed by atoms with Crippen molar-refractivity contribution >= 4 is 28.7 Å². The Kier molecular flexibility index (Phi) is 3.25. The lowest BCUT2D eigenvalue weighted by Gasteiger charge is -2.04. The number of hydrogen-bond acceptors (Lipinski definition) is 5. The smallest absolute Gasteiger partial charge is 0.221 e. The van der Waals surface area contributed by atoms with Crippen molar-refractivity contribution in [2.24, 2.45) is 0 Å². The molecule has 2 aromatic rings. The van der Waals surface area contributed by atoms with Crippen molar-refractivity contribution in [1.82, 2.24) is 4.98 Å². The molecular weight excluding hydrogens is 248 g/mol. The fraction of sp³-hybridized carbons (Fsp3) is 0.154. The minimum Gasteiger partial charge on any atom is -0.383 e. The van der Waals surface area contributed by atoms with E-state index in [1.54, 1.807) is 23.6 Å². The molecule has 1 aromatic heterocycles. The fourth-order valence-electron chi connectivity index (χ4n) is 1.66. The molecule has 5 heteroatoms. The van der Waals surface area contributed by atoms with Crippen LogP contribution in [0.15, 0.2) is 23.6 Å². The second kappa shape index (κ2) is 4.70. The van der Waals surface area contributed by atoms with E-state index in [1.165, 1.54) is 18.3 Å². The minimum absolute atomic E-state index is 0.0548. The number of anilines is 1. The van der Waals surface area contributed by atoms with E-state index >= 15 is 0 Å². The molecule has 2 N–H and O–H groups in total. The average Bonchev–Trinajstić information content (AvgIpc) is 2.75. The molecule has 0 amide bonds. The molecule has 0 atom stereocenters. The van der Waals surface area contributed by atoms with E-state index < -0.39 is 0 Å². The van der Waals surface area contributed by atoms with Gasteiger partial charge in [-0.1, -0.05) is 12.1 Å². The molecule has 0 aliphatic heterocycles. The maximum atomic E-state index is 12.1. The Morgan fingerprint density at radius 2 is 2.06 bits per heavy atom. The van der Waals surface area contributed by atoms with Crippen LogP contribution >= 0.6 is 11.3 Å². The zero-order valence-electron chi connectivity index (χ0n) is 10.1. The first-order valence-corrected chi connectivity index (χ1v) is 6.24. The molecule has 0 aliphatic rings. The first-order valence-electron chi connectivity index (χ1n) is 5.36. The summed E-state index contributed by atoms with van der Waals surface area (Å²) < 4.78 is 0. The van der Waals surface area contributed by atoms with Crippen molar-refractivity contribution < 1.29 is 9.59 Å². The van der Waals surface area contributed by atoms with Crippen molar-refractivity contribution in [3.8, 4) is 0 Å². The fourth-order valence-corrected chi connectivity index (χ4v) is 2.32. The SMILES string of the molecule is CC(=O)c1cc(C(=O)c2nc(N)cs2)ccc1C. The molecule has 0 spiro atoms. The Balaban J connectivity index is 2.43. The van der Waals surface area contributed by atoms with Gasteiger partial charge < -0.3 is 5.73 Å². The molecule has 1 heterocycles. The number of ketones is 2. The number of aromatic nitrogens is 1. The minimum atomic E-state index is -0.209. The summed E-state index contributed by atoms with van der Waals surface area (Å²) >= 11 is 1.20. The van der Waals surface area contributed by atoms with Gasteiger partial charge in [0.05, 0.1) is 0 Å². The zero-order valence-corrected chi connectivity index (χ0v) is 10.9. The molecule has 2 rings (SSSR count). The van der Waals surface area contributed by atoms with Crippen LogP contribution in [-0.2, 0) is 0 Å². The zero-order chi connectivity index (χ0) is 13.3. The summed E-state index contributed by atoms with van der Waals surface area (Å²) in [4.78, 5) is 27.5.